The first-order chi connectivity index (χ1) is 9.62. The van der Waals surface area contributed by atoms with Crippen LogP contribution in [0.2, 0.25) is 0 Å². The minimum Gasteiger partial charge on any atom is -0.481 e. The third-order valence-corrected chi connectivity index (χ3v) is 5.26. The average Bonchev–Trinajstić information content (AvgIpc) is 2.58. The molecule has 21 heavy (non-hydrogen) atoms. The van der Waals surface area contributed by atoms with Crippen LogP contribution in [0, 0.1) is 5.41 Å². The van der Waals surface area contributed by atoms with E-state index >= 15 is 0 Å². The standard InChI is InChI=1S/C17H31NO3/c1-6-8-17(14(19)20)9-7-10-18(12-17)13-11-15(2,3)21-16(13,4)5/h13H,6-12H2,1-5H3,(H,19,20). The van der Waals surface area contributed by atoms with Crippen LogP contribution in [-0.4, -0.2) is 46.3 Å². The molecule has 122 valence electrons. The van der Waals surface area contributed by atoms with Gasteiger partial charge in [-0.1, -0.05) is 13.3 Å². The third kappa shape index (κ3) is 3.26. The molecule has 2 unspecified atom stereocenters. The van der Waals surface area contributed by atoms with E-state index in [1.165, 1.54) is 0 Å². The Morgan fingerprint density at radius 2 is 2.00 bits per heavy atom. The second-order valence-electron chi connectivity index (χ2n) is 8.09. The molecule has 0 spiro atoms. The van der Waals surface area contributed by atoms with E-state index in [1.54, 1.807) is 0 Å². The first-order valence-corrected chi connectivity index (χ1v) is 8.29. The molecule has 2 rings (SSSR count). The van der Waals surface area contributed by atoms with Crippen molar-refractivity contribution in [1.82, 2.24) is 4.90 Å². The van der Waals surface area contributed by atoms with Gasteiger partial charge in [0.25, 0.3) is 0 Å². The Kier molecular flexibility index (Phi) is 4.42. The molecule has 2 saturated heterocycles. The van der Waals surface area contributed by atoms with Crippen LogP contribution in [0.1, 0.15) is 66.7 Å². The Morgan fingerprint density at radius 1 is 1.33 bits per heavy atom. The molecule has 4 nitrogen and oxygen atoms in total. The summed E-state index contributed by atoms with van der Waals surface area (Å²) in [5.74, 6) is -0.620. The number of hydrogen-bond donors (Lipinski definition) is 1. The van der Waals surface area contributed by atoms with Gasteiger partial charge in [-0.3, -0.25) is 9.69 Å². The molecular formula is C17H31NO3. The number of nitrogens with zero attached hydrogens (tertiary/aromatic N) is 1. The SMILES string of the molecule is CCCC1(C(=O)O)CCCN(C2CC(C)(C)OC2(C)C)C1. The number of ether oxygens (including phenoxy) is 1. The maximum Gasteiger partial charge on any atom is 0.310 e. The van der Waals surface area contributed by atoms with Gasteiger partial charge in [-0.05, 0) is 59.9 Å². The summed E-state index contributed by atoms with van der Waals surface area (Å²) in [5.41, 5.74) is -0.893. The van der Waals surface area contributed by atoms with E-state index in [9.17, 15) is 9.90 Å². The van der Waals surface area contributed by atoms with E-state index in [0.717, 1.165) is 38.6 Å². The summed E-state index contributed by atoms with van der Waals surface area (Å²) in [6.07, 6.45) is 4.46. The summed E-state index contributed by atoms with van der Waals surface area (Å²) in [5, 5.41) is 9.76. The minimum atomic E-state index is -0.620. The molecule has 0 amide bonds. The number of hydrogen-bond acceptors (Lipinski definition) is 3. The number of piperidine rings is 1. The van der Waals surface area contributed by atoms with Crippen LogP contribution in [0.15, 0.2) is 0 Å². The maximum atomic E-state index is 11.9. The highest BCUT2D eigenvalue weighted by molar-refractivity contribution is 5.75. The molecule has 0 radical (unpaired) electrons. The van der Waals surface area contributed by atoms with E-state index in [-0.39, 0.29) is 11.2 Å². The first kappa shape index (κ1) is 16.8. The molecule has 2 heterocycles. The van der Waals surface area contributed by atoms with Crippen molar-refractivity contribution in [3.8, 4) is 0 Å². The summed E-state index contributed by atoms with van der Waals surface area (Å²) in [4.78, 5) is 14.2. The van der Waals surface area contributed by atoms with Crippen molar-refractivity contribution >= 4 is 5.97 Å². The molecule has 4 heteroatoms. The van der Waals surface area contributed by atoms with Gasteiger partial charge in [-0.25, -0.2) is 0 Å². The minimum absolute atomic E-state index is 0.123. The third-order valence-electron chi connectivity index (χ3n) is 5.26. The Labute approximate surface area is 128 Å². The quantitative estimate of drug-likeness (QED) is 0.865. The van der Waals surface area contributed by atoms with Crippen LogP contribution < -0.4 is 0 Å². The summed E-state index contributed by atoms with van der Waals surface area (Å²) < 4.78 is 6.20. The summed E-state index contributed by atoms with van der Waals surface area (Å²) in [6, 6.07) is 0.309. The smallest absolute Gasteiger partial charge is 0.310 e. The van der Waals surface area contributed by atoms with Crippen molar-refractivity contribution in [2.45, 2.75) is 84.0 Å². The average molecular weight is 297 g/mol. The normalized spacial score (nSPS) is 35.8. The van der Waals surface area contributed by atoms with Crippen LogP contribution >= 0.6 is 0 Å². The molecule has 0 aliphatic carbocycles. The summed E-state index contributed by atoms with van der Waals surface area (Å²) >= 11 is 0. The second kappa shape index (κ2) is 5.54. The molecule has 0 saturated carbocycles. The van der Waals surface area contributed by atoms with Crippen LogP contribution in [0.3, 0.4) is 0 Å². The number of likely N-dealkylation sites (tertiary alicyclic amines) is 1. The molecule has 2 aliphatic heterocycles. The summed E-state index contributed by atoms with van der Waals surface area (Å²) in [6.45, 7) is 12.3. The van der Waals surface area contributed by atoms with Crippen molar-refractivity contribution in [3.05, 3.63) is 0 Å². The first-order valence-electron chi connectivity index (χ1n) is 8.29. The van der Waals surface area contributed by atoms with Gasteiger partial charge < -0.3 is 9.84 Å². The maximum absolute atomic E-state index is 11.9. The van der Waals surface area contributed by atoms with Crippen LogP contribution in [0.5, 0.6) is 0 Å². The van der Waals surface area contributed by atoms with E-state index in [1.807, 2.05) is 0 Å². The second-order valence-corrected chi connectivity index (χ2v) is 8.09. The topological polar surface area (TPSA) is 49.8 Å². The molecule has 2 fully saturated rings. The molecule has 2 aliphatic rings. The Bertz CT molecular complexity index is 401. The van der Waals surface area contributed by atoms with Gasteiger partial charge in [0.1, 0.15) is 0 Å². The fraction of sp³-hybridized carbons (Fsp3) is 0.941. The predicted octanol–water partition coefficient (Wildman–Crippen LogP) is 3.30. The van der Waals surface area contributed by atoms with Crippen LogP contribution in [0.4, 0.5) is 0 Å². The van der Waals surface area contributed by atoms with Gasteiger partial charge >= 0.3 is 5.97 Å². The van der Waals surface area contributed by atoms with Gasteiger partial charge in [0.05, 0.1) is 16.6 Å². The highest BCUT2D eigenvalue weighted by Gasteiger charge is 2.51. The number of carboxylic acids is 1. The van der Waals surface area contributed by atoms with Crippen molar-refractivity contribution in [3.63, 3.8) is 0 Å². The largest absolute Gasteiger partial charge is 0.481 e. The van der Waals surface area contributed by atoms with E-state index < -0.39 is 11.4 Å². The van der Waals surface area contributed by atoms with Crippen molar-refractivity contribution in [2.75, 3.05) is 13.1 Å². The predicted molar refractivity (Wildman–Crippen MR) is 83.4 cm³/mol. The lowest BCUT2D eigenvalue weighted by Gasteiger charge is -2.45. The number of rotatable bonds is 4. The monoisotopic (exact) mass is 297 g/mol. The highest BCUT2D eigenvalue weighted by Crippen LogP contribution is 2.44. The van der Waals surface area contributed by atoms with Crippen molar-refractivity contribution in [1.29, 1.82) is 0 Å². The Morgan fingerprint density at radius 3 is 2.48 bits per heavy atom. The van der Waals surface area contributed by atoms with E-state index in [2.05, 4.69) is 39.5 Å². The van der Waals surface area contributed by atoms with E-state index in [4.69, 9.17) is 4.74 Å². The fourth-order valence-electron chi connectivity index (χ4n) is 4.50. The highest BCUT2D eigenvalue weighted by atomic mass is 16.5. The number of carboxylic acid groups (broad SMARTS) is 1. The number of carbonyl (C=O) groups is 1. The zero-order valence-corrected chi connectivity index (χ0v) is 14.2. The van der Waals surface area contributed by atoms with Crippen molar-refractivity contribution < 1.29 is 14.6 Å². The molecule has 2 atom stereocenters. The Balaban J connectivity index is 2.19. The number of aliphatic carboxylic acids is 1. The zero-order valence-electron chi connectivity index (χ0n) is 14.2. The van der Waals surface area contributed by atoms with Gasteiger partial charge in [0.2, 0.25) is 0 Å². The molecule has 1 N–H and O–H groups in total. The van der Waals surface area contributed by atoms with Crippen LogP contribution in [-0.2, 0) is 9.53 Å². The molecular weight excluding hydrogens is 266 g/mol. The van der Waals surface area contributed by atoms with Gasteiger partial charge in [-0.2, -0.15) is 0 Å². The van der Waals surface area contributed by atoms with Crippen LogP contribution in [0.25, 0.3) is 0 Å². The fourth-order valence-corrected chi connectivity index (χ4v) is 4.50. The van der Waals surface area contributed by atoms with Gasteiger partial charge in [0, 0.05) is 12.6 Å². The molecule has 0 aromatic rings. The lowest BCUT2D eigenvalue weighted by Crippen LogP contribution is -2.55. The van der Waals surface area contributed by atoms with Crippen molar-refractivity contribution in [2.24, 2.45) is 5.41 Å². The molecule has 0 bridgehead atoms. The molecule has 0 aromatic heterocycles. The van der Waals surface area contributed by atoms with E-state index in [0.29, 0.717) is 12.6 Å². The lowest BCUT2D eigenvalue weighted by atomic mass is 9.75. The molecule has 0 aromatic carbocycles. The lowest BCUT2D eigenvalue weighted by molar-refractivity contribution is -0.155. The zero-order chi connectivity index (χ0) is 15.9. The Hall–Kier alpha value is -0.610. The van der Waals surface area contributed by atoms with Gasteiger partial charge in [0.15, 0.2) is 0 Å². The summed E-state index contributed by atoms with van der Waals surface area (Å²) in [7, 11) is 0. The van der Waals surface area contributed by atoms with Gasteiger partial charge in [-0.15, -0.1) is 0 Å².